The zero-order valence-corrected chi connectivity index (χ0v) is 12.4. The maximum absolute atomic E-state index is 10.3. The van der Waals surface area contributed by atoms with Gasteiger partial charge in [-0.15, -0.1) is 11.3 Å². The number of rotatable bonds is 4. The molecule has 5 heteroatoms. The SMILES string of the molecule is COc1ccc(C(O)c2csc(Br)c2)cc1OC. The van der Waals surface area contributed by atoms with E-state index in [9.17, 15) is 5.11 Å². The second-order valence-electron chi connectivity index (χ2n) is 3.70. The number of methoxy groups -OCH3 is 2. The normalized spacial score (nSPS) is 12.2. The molecule has 1 aromatic carbocycles. The molecule has 1 heterocycles. The fraction of sp³-hybridized carbons (Fsp3) is 0.231. The van der Waals surface area contributed by atoms with Crippen LogP contribution in [0.1, 0.15) is 17.2 Å². The van der Waals surface area contributed by atoms with Crippen molar-refractivity contribution in [1.82, 2.24) is 0 Å². The van der Waals surface area contributed by atoms with Crippen molar-refractivity contribution in [1.29, 1.82) is 0 Å². The lowest BCUT2D eigenvalue weighted by atomic mass is 10.0. The molecular formula is C13H13BrO3S. The van der Waals surface area contributed by atoms with Gasteiger partial charge >= 0.3 is 0 Å². The van der Waals surface area contributed by atoms with Gasteiger partial charge in [-0.25, -0.2) is 0 Å². The van der Waals surface area contributed by atoms with E-state index >= 15 is 0 Å². The Kier molecular flexibility index (Phi) is 4.27. The monoisotopic (exact) mass is 328 g/mol. The van der Waals surface area contributed by atoms with E-state index in [0.29, 0.717) is 11.5 Å². The van der Waals surface area contributed by atoms with Gasteiger partial charge in [-0.2, -0.15) is 0 Å². The molecule has 0 radical (unpaired) electrons. The van der Waals surface area contributed by atoms with Crippen LogP contribution < -0.4 is 9.47 Å². The highest BCUT2D eigenvalue weighted by Gasteiger charge is 2.14. The van der Waals surface area contributed by atoms with E-state index in [4.69, 9.17) is 9.47 Å². The van der Waals surface area contributed by atoms with Gasteiger partial charge in [-0.05, 0) is 50.6 Å². The average Bonchev–Trinajstić information content (AvgIpc) is 2.83. The summed E-state index contributed by atoms with van der Waals surface area (Å²) in [5.74, 6) is 1.27. The van der Waals surface area contributed by atoms with Gasteiger partial charge in [0.25, 0.3) is 0 Å². The lowest BCUT2D eigenvalue weighted by Gasteiger charge is -2.13. The van der Waals surface area contributed by atoms with Crippen LogP contribution in [-0.4, -0.2) is 19.3 Å². The summed E-state index contributed by atoms with van der Waals surface area (Å²) in [6.07, 6.45) is -0.660. The van der Waals surface area contributed by atoms with Crippen LogP contribution in [0.5, 0.6) is 11.5 Å². The number of benzene rings is 1. The molecule has 0 saturated carbocycles. The Labute approximate surface area is 118 Å². The van der Waals surface area contributed by atoms with Crippen LogP contribution >= 0.6 is 27.3 Å². The van der Waals surface area contributed by atoms with Crippen molar-refractivity contribution in [3.8, 4) is 11.5 Å². The standard InChI is InChI=1S/C13H13BrO3S/c1-16-10-4-3-8(5-11(10)17-2)13(15)9-6-12(14)18-7-9/h3-7,13,15H,1-2H3. The molecule has 2 rings (SSSR count). The summed E-state index contributed by atoms with van der Waals surface area (Å²) in [7, 11) is 3.17. The van der Waals surface area contributed by atoms with Gasteiger partial charge in [-0.3, -0.25) is 0 Å². The van der Waals surface area contributed by atoms with Crippen LogP contribution in [0, 0.1) is 0 Å². The van der Waals surface area contributed by atoms with Gasteiger partial charge in [0.15, 0.2) is 11.5 Å². The molecule has 1 atom stereocenters. The molecule has 2 aromatic rings. The minimum atomic E-state index is -0.660. The molecule has 0 saturated heterocycles. The molecule has 18 heavy (non-hydrogen) atoms. The number of halogens is 1. The Bertz CT molecular complexity index is 539. The van der Waals surface area contributed by atoms with E-state index in [1.54, 1.807) is 37.7 Å². The quantitative estimate of drug-likeness (QED) is 0.931. The molecule has 1 aromatic heterocycles. The Morgan fingerprint density at radius 3 is 2.39 bits per heavy atom. The molecule has 3 nitrogen and oxygen atoms in total. The largest absolute Gasteiger partial charge is 0.493 e. The van der Waals surface area contributed by atoms with Crippen LogP contribution in [0.3, 0.4) is 0 Å². The molecule has 0 aliphatic carbocycles. The third kappa shape index (κ3) is 2.68. The third-order valence-corrected chi connectivity index (χ3v) is 4.15. The molecule has 96 valence electrons. The fourth-order valence-electron chi connectivity index (χ4n) is 1.68. The van der Waals surface area contributed by atoms with Crippen molar-refractivity contribution in [3.63, 3.8) is 0 Å². The van der Waals surface area contributed by atoms with E-state index in [1.807, 2.05) is 17.5 Å². The maximum Gasteiger partial charge on any atom is 0.161 e. The lowest BCUT2D eigenvalue weighted by molar-refractivity contribution is 0.220. The smallest absolute Gasteiger partial charge is 0.161 e. The van der Waals surface area contributed by atoms with Crippen LogP contribution in [-0.2, 0) is 0 Å². The summed E-state index contributed by atoms with van der Waals surface area (Å²) >= 11 is 4.93. The highest BCUT2D eigenvalue weighted by molar-refractivity contribution is 9.11. The zero-order chi connectivity index (χ0) is 13.1. The van der Waals surface area contributed by atoms with Gasteiger partial charge in [0.2, 0.25) is 0 Å². The first-order valence-electron chi connectivity index (χ1n) is 5.29. The number of ether oxygens (including phenoxy) is 2. The first-order chi connectivity index (χ1) is 8.65. The van der Waals surface area contributed by atoms with Crippen molar-refractivity contribution in [3.05, 3.63) is 44.6 Å². The highest BCUT2D eigenvalue weighted by Crippen LogP contribution is 2.34. The number of aliphatic hydroxyl groups is 1. The van der Waals surface area contributed by atoms with E-state index in [0.717, 1.165) is 14.9 Å². The minimum Gasteiger partial charge on any atom is -0.493 e. The summed E-state index contributed by atoms with van der Waals surface area (Å²) in [4.78, 5) is 0. The van der Waals surface area contributed by atoms with E-state index in [-0.39, 0.29) is 0 Å². The Morgan fingerprint density at radius 1 is 1.11 bits per heavy atom. The van der Waals surface area contributed by atoms with Gasteiger partial charge in [0.05, 0.1) is 18.0 Å². The fourth-order valence-corrected chi connectivity index (χ4v) is 2.88. The first kappa shape index (κ1) is 13.4. The van der Waals surface area contributed by atoms with Crippen LogP contribution in [0.25, 0.3) is 0 Å². The molecule has 0 fully saturated rings. The second kappa shape index (κ2) is 5.73. The molecule has 0 aliphatic rings. The molecular weight excluding hydrogens is 316 g/mol. The molecule has 1 unspecified atom stereocenters. The summed E-state index contributed by atoms with van der Waals surface area (Å²) in [5.41, 5.74) is 1.64. The molecule has 0 amide bonds. The van der Waals surface area contributed by atoms with Gasteiger partial charge in [-0.1, -0.05) is 6.07 Å². The van der Waals surface area contributed by atoms with Crippen LogP contribution in [0.4, 0.5) is 0 Å². The van der Waals surface area contributed by atoms with Crippen molar-refractivity contribution in [2.45, 2.75) is 6.10 Å². The van der Waals surface area contributed by atoms with Crippen LogP contribution in [0.15, 0.2) is 33.4 Å². The van der Waals surface area contributed by atoms with Gasteiger partial charge < -0.3 is 14.6 Å². The highest BCUT2D eigenvalue weighted by atomic mass is 79.9. The lowest BCUT2D eigenvalue weighted by Crippen LogP contribution is -1.99. The topological polar surface area (TPSA) is 38.7 Å². The zero-order valence-electron chi connectivity index (χ0n) is 10.0. The Hall–Kier alpha value is -1.04. The summed E-state index contributed by atoms with van der Waals surface area (Å²) < 4.78 is 11.4. The van der Waals surface area contributed by atoms with Crippen molar-refractivity contribution in [2.24, 2.45) is 0 Å². The van der Waals surface area contributed by atoms with Crippen molar-refractivity contribution in [2.75, 3.05) is 14.2 Å². The van der Waals surface area contributed by atoms with Crippen molar-refractivity contribution >= 4 is 27.3 Å². The maximum atomic E-state index is 10.3. The molecule has 0 bridgehead atoms. The first-order valence-corrected chi connectivity index (χ1v) is 6.97. The molecule has 0 aliphatic heterocycles. The van der Waals surface area contributed by atoms with Gasteiger partial charge in [0.1, 0.15) is 6.10 Å². The number of hydrogen-bond donors (Lipinski definition) is 1. The minimum absolute atomic E-state index is 0.614. The third-order valence-electron chi connectivity index (χ3n) is 2.63. The number of thiophene rings is 1. The Morgan fingerprint density at radius 2 is 1.83 bits per heavy atom. The van der Waals surface area contributed by atoms with Crippen molar-refractivity contribution < 1.29 is 14.6 Å². The molecule has 0 spiro atoms. The van der Waals surface area contributed by atoms with Crippen LogP contribution in [0.2, 0.25) is 0 Å². The number of aliphatic hydroxyl groups excluding tert-OH is 1. The summed E-state index contributed by atoms with van der Waals surface area (Å²) in [6.45, 7) is 0. The average molecular weight is 329 g/mol. The summed E-state index contributed by atoms with van der Waals surface area (Å²) in [6, 6.07) is 7.32. The summed E-state index contributed by atoms with van der Waals surface area (Å²) in [5, 5.41) is 12.2. The molecule has 1 N–H and O–H groups in total. The van der Waals surface area contributed by atoms with Gasteiger partial charge in [0, 0.05) is 0 Å². The predicted molar refractivity (Wildman–Crippen MR) is 75.6 cm³/mol. The number of hydrogen-bond acceptors (Lipinski definition) is 4. The van der Waals surface area contributed by atoms with E-state index < -0.39 is 6.10 Å². The predicted octanol–water partition coefficient (Wildman–Crippen LogP) is 3.61. The van der Waals surface area contributed by atoms with E-state index in [2.05, 4.69) is 15.9 Å². The Balaban J connectivity index is 2.33. The second-order valence-corrected chi connectivity index (χ2v) is 5.99. The van der Waals surface area contributed by atoms with E-state index in [1.165, 1.54) is 0 Å².